The number of carbonyl (C=O) groups excluding carboxylic acids is 1. The van der Waals surface area contributed by atoms with E-state index in [1.807, 2.05) is 40.1 Å². The van der Waals surface area contributed by atoms with Gasteiger partial charge in [-0.05, 0) is 36.4 Å². The third-order valence-electron chi connectivity index (χ3n) is 4.59. The third kappa shape index (κ3) is 2.60. The highest BCUT2D eigenvalue weighted by Gasteiger charge is 2.31. The molecule has 1 amide bonds. The van der Waals surface area contributed by atoms with E-state index in [1.54, 1.807) is 11.3 Å². The van der Waals surface area contributed by atoms with Crippen LogP contribution in [-0.4, -0.2) is 38.4 Å². The molecule has 1 atom stereocenters. The minimum absolute atomic E-state index is 0.134. The van der Waals surface area contributed by atoms with E-state index in [9.17, 15) is 4.79 Å². The number of amides is 1. The molecular weight excluding hydrogens is 320 g/mol. The van der Waals surface area contributed by atoms with Gasteiger partial charge in [-0.15, -0.1) is 0 Å². The number of hydrogen-bond donors (Lipinski definition) is 0. The SMILES string of the molecule is CCCn1c(C2CCN(C(=O)c3ccsc3)C2)nc2cccnc21. The average Bonchev–Trinajstić information content (AvgIpc) is 3.34. The van der Waals surface area contributed by atoms with E-state index < -0.39 is 0 Å². The smallest absolute Gasteiger partial charge is 0.254 e. The Kier molecular flexibility index (Phi) is 4.06. The Morgan fingerprint density at radius 2 is 2.33 bits per heavy atom. The molecule has 1 aliphatic rings. The molecule has 1 fully saturated rings. The van der Waals surface area contributed by atoms with E-state index in [4.69, 9.17) is 4.98 Å². The summed E-state index contributed by atoms with van der Waals surface area (Å²) in [7, 11) is 0. The van der Waals surface area contributed by atoms with E-state index in [2.05, 4.69) is 16.5 Å². The number of fused-ring (bicyclic) bond motifs is 1. The van der Waals surface area contributed by atoms with Gasteiger partial charge >= 0.3 is 0 Å². The maximum atomic E-state index is 12.6. The zero-order valence-electron chi connectivity index (χ0n) is 13.7. The second-order valence-electron chi connectivity index (χ2n) is 6.22. The third-order valence-corrected chi connectivity index (χ3v) is 5.27. The van der Waals surface area contributed by atoms with Crippen molar-refractivity contribution in [2.75, 3.05) is 13.1 Å². The molecule has 0 saturated carbocycles. The first-order valence-electron chi connectivity index (χ1n) is 8.40. The summed E-state index contributed by atoms with van der Waals surface area (Å²) >= 11 is 1.56. The minimum atomic E-state index is 0.134. The van der Waals surface area contributed by atoms with Crippen LogP contribution >= 0.6 is 11.3 Å². The van der Waals surface area contributed by atoms with Crippen LogP contribution in [0.3, 0.4) is 0 Å². The summed E-state index contributed by atoms with van der Waals surface area (Å²) in [5.41, 5.74) is 2.70. The maximum Gasteiger partial charge on any atom is 0.254 e. The fourth-order valence-corrected chi connectivity index (χ4v) is 4.09. The quantitative estimate of drug-likeness (QED) is 0.730. The number of carbonyl (C=O) groups is 1. The van der Waals surface area contributed by atoms with Gasteiger partial charge in [-0.3, -0.25) is 4.79 Å². The van der Waals surface area contributed by atoms with Gasteiger partial charge in [0.2, 0.25) is 0 Å². The molecule has 5 nitrogen and oxygen atoms in total. The van der Waals surface area contributed by atoms with Gasteiger partial charge in [0.05, 0.1) is 5.56 Å². The normalized spacial score (nSPS) is 17.7. The Morgan fingerprint density at radius 1 is 1.42 bits per heavy atom. The molecule has 1 unspecified atom stereocenters. The molecule has 0 spiro atoms. The number of rotatable bonds is 4. The number of imidazole rings is 1. The van der Waals surface area contributed by atoms with Crippen molar-refractivity contribution in [3.8, 4) is 0 Å². The topological polar surface area (TPSA) is 51.0 Å². The van der Waals surface area contributed by atoms with E-state index in [1.165, 1.54) is 0 Å². The van der Waals surface area contributed by atoms with Gasteiger partial charge < -0.3 is 9.47 Å². The number of aryl methyl sites for hydroxylation is 1. The van der Waals surface area contributed by atoms with Gasteiger partial charge in [0.1, 0.15) is 11.3 Å². The summed E-state index contributed by atoms with van der Waals surface area (Å²) in [5.74, 6) is 1.49. The summed E-state index contributed by atoms with van der Waals surface area (Å²) in [6.45, 7) is 4.61. The summed E-state index contributed by atoms with van der Waals surface area (Å²) in [4.78, 5) is 23.9. The number of pyridine rings is 1. The van der Waals surface area contributed by atoms with Gasteiger partial charge in [-0.25, -0.2) is 9.97 Å². The van der Waals surface area contributed by atoms with Crippen LogP contribution in [0.25, 0.3) is 11.2 Å². The molecule has 1 saturated heterocycles. The van der Waals surface area contributed by atoms with Crippen molar-refractivity contribution < 1.29 is 4.79 Å². The number of aromatic nitrogens is 3. The lowest BCUT2D eigenvalue weighted by Gasteiger charge is -2.16. The average molecular weight is 340 g/mol. The van der Waals surface area contributed by atoms with Crippen molar-refractivity contribution in [1.29, 1.82) is 0 Å². The lowest BCUT2D eigenvalue weighted by molar-refractivity contribution is 0.0791. The van der Waals surface area contributed by atoms with Crippen molar-refractivity contribution in [2.45, 2.75) is 32.2 Å². The van der Waals surface area contributed by atoms with Crippen LogP contribution < -0.4 is 0 Å². The second-order valence-corrected chi connectivity index (χ2v) is 7.00. The van der Waals surface area contributed by atoms with Crippen LogP contribution in [0.4, 0.5) is 0 Å². The lowest BCUT2D eigenvalue weighted by Crippen LogP contribution is -2.28. The predicted octanol–water partition coefficient (Wildman–Crippen LogP) is 3.53. The molecule has 0 N–H and O–H groups in total. The lowest BCUT2D eigenvalue weighted by atomic mass is 10.1. The second kappa shape index (κ2) is 6.36. The summed E-state index contributed by atoms with van der Waals surface area (Å²) in [6.07, 6.45) is 3.82. The van der Waals surface area contributed by atoms with Crippen LogP contribution in [0.2, 0.25) is 0 Å². The maximum absolute atomic E-state index is 12.6. The molecule has 4 heterocycles. The first-order valence-corrected chi connectivity index (χ1v) is 9.35. The summed E-state index contributed by atoms with van der Waals surface area (Å²) in [5, 5.41) is 3.87. The van der Waals surface area contributed by atoms with Crippen molar-refractivity contribution in [2.24, 2.45) is 0 Å². The van der Waals surface area contributed by atoms with E-state index in [0.29, 0.717) is 0 Å². The first-order chi connectivity index (χ1) is 11.8. The van der Waals surface area contributed by atoms with E-state index >= 15 is 0 Å². The van der Waals surface area contributed by atoms with Gasteiger partial charge in [-0.2, -0.15) is 11.3 Å². The Bertz CT molecular complexity index is 855. The standard InChI is InChI=1S/C18H20N4OS/c1-2-8-22-16(20-15-4-3-7-19-17(15)22)13-5-9-21(11-13)18(23)14-6-10-24-12-14/h3-4,6-7,10,12-13H,2,5,8-9,11H2,1H3. The van der Waals surface area contributed by atoms with Crippen LogP contribution in [0.5, 0.6) is 0 Å². The van der Waals surface area contributed by atoms with Gasteiger partial charge in [0.15, 0.2) is 5.65 Å². The zero-order chi connectivity index (χ0) is 16.5. The Hall–Kier alpha value is -2.21. The van der Waals surface area contributed by atoms with E-state index in [0.717, 1.165) is 55.0 Å². The monoisotopic (exact) mass is 340 g/mol. The highest BCUT2D eigenvalue weighted by atomic mass is 32.1. The summed E-state index contributed by atoms with van der Waals surface area (Å²) in [6, 6.07) is 5.84. The number of nitrogens with zero attached hydrogens (tertiary/aromatic N) is 4. The molecule has 3 aromatic rings. The van der Waals surface area contributed by atoms with Gasteiger partial charge in [0, 0.05) is 37.1 Å². The number of hydrogen-bond acceptors (Lipinski definition) is 4. The first kappa shape index (κ1) is 15.3. The number of likely N-dealkylation sites (tertiary alicyclic amines) is 1. The molecule has 4 rings (SSSR count). The Labute approximate surface area is 145 Å². The predicted molar refractivity (Wildman–Crippen MR) is 95.4 cm³/mol. The highest BCUT2D eigenvalue weighted by Crippen LogP contribution is 2.30. The molecule has 3 aromatic heterocycles. The van der Waals surface area contributed by atoms with Crippen LogP contribution in [0.1, 0.15) is 41.9 Å². The van der Waals surface area contributed by atoms with Crippen molar-refractivity contribution in [3.05, 3.63) is 46.5 Å². The summed E-state index contributed by atoms with van der Waals surface area (Å²) < 4.78 is 2.23. The van der Waals surface area contributed by atoms with E-state index in [-0.39, 0.29) is 11.8 Å². The Morgan fingerprint density at radius 3 is 3.12 bits per heavy atom. The molecule has 6 heteroatoms. The van der Waals surface area contributed by atoms with Gasteiger partial charge in [0.25, 0.3) is 5.91 Å². The Balaban J connectivity index is 1.62. The highest BCUT2D eigenvalue weighted by molar-refractivity contribution is 7.08. The fraction of sp³-hybridized carbons (Fsp3) is 0.389. The molecular formula is C18H20N4OS. The molecule has 0 aromatic carbocycles. The molecule has 24 heavy (non-hydrogen) atoms. The van der Waals surface area contributed by atoms with Crippen molar-refractivity contribution in [3.63, 3.8) is 0 Å². The molecule has 0 aliphatic carbocycles. The largest absolute Gasteiger partial charge is 0.338 e. The fourth-order valence-electron chi connectivity index (χ4n) is 3.46. The van der Waals surface area contributed by atoms with Crippen LogP contribution in [0.15, 0.2) is 35.2 Å². The zero-order valence-corrected chi connectivity index (χ0v) is 14.5. The minimum Gasteiger partial charge on any atom is -0.338 e. The molecule has 0 radical (unpaired) electrons. The number of thiophene rings is 1. The van der Waals surface area contributed by atoms with Crippen molar-refractivity contribution in [1.82, 2.24) is 19.4 Å². The van der Waals surface area contributed by atoms with Crippen LogP contribution in [-0.2, 0) is 6.54 Å². The van der Waals surface area contributed by atoms with Gasteiger partial charge in [-0.1, -0.05) is 6.92 Å². The van der Waals surface area contributed by atoms with Crippen molar-refractivity contribution >= 4 is 28.4 Å². The molecule has 0 bridgehead atoms. The molecule has 124 valence electrons. The molecule has 1 aliphatic heterocycles. The van der Waals surface area contributed by atoms with Crippen LogP contribution in [0, 0.1) is 0 Å².